The average molecular weight is 417 g/mol. The Morgan fingerprint density at radius 2 is 1.96 bits per heavy atom. The number of halogens is 1. The number of nitrogens with zero attached hydrogens (tertiary/aromatic N) is 1. The van der Waals surface area contributed by atoms with Crippen molar-refractivity contribution in [3.63, 3.8) is 0 Å². The highest BCUT2D eigenvalue weighted by Gasteiger charge is 2.22. The number of ketones is 1. The van der Waals surface area contributed by atoms with Crippen LogP contribution in [0.1, 0.15) is 38.8 Å². The van der Waals surface area contributed by atoms with Gasteiger partial charge in [0.05, 0.1) is 22.5 Å². The Labute approximate surface area is 170 Å². The summed E-state index contributed by atoms with van der Waals surface area (Å²) in [5.41, 5.74) is 0.993. The van der Waals surface area contributed by atoms with Gasteiger partial charge >= 0.3 is 5.97 Å². The number of ether oxygens (including phenoxy) is 1. The lowest BCUT2D eigenvalue weighted by Gasteiger charge is -2.11. The van der Waals surface area contributed by atoms with Gasteiger partial charge in [-0.1, -0.05) is 11.6 Å². The molecule has 0 fully saturated rings. The number of rotatable bonds is 6. The summed E-state index contributed by atoms with van der Waals surface area (Å²) >= 11 is 7.12. The molecule has 6 nitrogen and oxygen atoms in total. The molecule has 0 saturated carbocycles. The molecule has 1 unspecified atom stereocenters. The predicted molar refractivity (Wildman–Crippen MR) is 108 cm³/mol. The highest BCUT2D eigenvalue weighted by atomic mass is 35.5. The first-order valence-electron chi connectivity index (χ1n) is 8.48. The minimum atomic E-state index is -0.932. The lowest BCUT2D eigenvalue weighted by Crippen LogP contribution is -2.23. The number of thiophene rings is 1. The molecule has 8 heteroatoms. The van der Waals surface area contributed by atoms with Gasteiger partial charge in [-0.05, 0) is 49.4 Å². The molecule has 0 saturated heterocycles. The van der Waals surface area contributed by atoms with E-state index in [1.165, 1.54) is 25.2 Å². The summed E-state index contributed by atoms with van der Waals surface area (Å²) in [5, 5.41) is 3.80. The van der Waals surface area contributed by atoms with E-state index in [1.807, 2.05) is 0 Å². The molecule has 3 rings (SSSR count). The number of fused-ring (bicyclic) bond motifs is 1. The van der Waals surface area contributed by atoms with Gasteiger partial charge in [0.25, 0.3) is 0 Å². The third kappa shape index (κ3) is 4.74. The van der Waals surface area contributed by atoms with E-state index in [0.29, 0.717) is 27.7 Å². The van der Waals surface area contributed by atoms with E-state index in [0.717, 1.165) is 10.3 Å². The second-order valence-corrected chi connectivity index (χ2v) is 7.68. The number of amides is 1. The Hall–Kier alpha value is -2.77. The zero-order valence-electron chi connectivity index (χ0n) is 15.2. The van der Waals surface area contributed by atoms with Crippen LogP contribution in [0.15, 0.2) is 42.5 Å². The molecule has 1 aromatic carbocycles. The standard InChI is InChI=1S/C20H17ClN2O4S/c1-11(19(25)17-7-5-15(28-17)10-22-12(2)24)27-20(26)14-3-6-16-13(9-14)4-8-18(21)23-16/h3-9,11H,10H2,1-2H3,(H,22,24). The zero-order chi connectivity index (χ0) is 20.3. The fourth-order valence-corrected chi connectivity index (χ4v) is 3.65. The lowest BCUT2D eigenvalue weighted by atomic mass is 10.1. The predicted octanol–water partition coefficient (Wildman–Crippen LogP) is 4.01. The fraction of sp³-hybridized carbons (Fsp3) is 0.200. The van der Waals surface area contributed by atoms with Crippen LogP contribution in [0, 0.1) is 0 Å². The average Bonchev–Trinajstić information content (AvgIpc) is 3.14. The maximum Gasteiger partial charge on any atom is 0.338 e. The highest BCUT2D eigenvalue weighted by Crippen LogP contribution is 2.21. The van der Waals surface area contributed by atoms with E-state index in [2.05, 4.69) is 10.3 Å². The molecule has 28 heavy (non-hydrogen) atoms. The molecule has 144 valence electrons. The summed E-state index contributed by atoms with van der Waals surface area (Å²) in [6.07, 6.45) is -0.932. The summed E-state index contributed by atoms with van der Waals surface area (Å²) in [6.45, 7) is 3.32. The topological polar surface area (TPSA) is 85.4 Å². The molecular weight excluding hydrogens is 400 g/mol. The van der Waals surface area contributed by atoms with Gasteiger partial charge in [0, 0.05) is 17.2 Å². The first-order valence-corrected chi connectivity index (χ1v) is 9.67. The van der Waals surface area contributed by atoms with Crippen LogP contribution in [0.4, 0.5) is 0 Å². The van der Waals surface area contributed by atoms with Gasteiger partial charge in [-0.25, -0.2) is 9.78 Å². The van der Waals surface area contributed by atoms with Crippen LogP contribution >= 0.6 is 22.9 Å². The number of esters is 1. The third-order valence-electron chi connectivity index (χ3n) is 3.96. The van der Waals surface area contributed by atoms with E-state index >= 15 is 0 Å². The Balaban J connectivity index is 1.67. The number of carbonyl (C=O) groups excluding carboxylic acids is 3. The molecular formula is C20H17ClN2O4S. The van der Waals surface area contributed by atoms with Crippen LogP contribution in [-0.2, 0) is 16.1 Å². The lowest BCUT2D eigenvalue weighted by molar-refractivity contribution is -0.119. The van der Waals surface area contributed by atoms with Gasteiger partial charge in [0.2, 0.25) is 11.7 Å². The Morgan fingerprint density at radius 1 is 1.18 bits per heavy atom. The van der Waals surface area contributed by atoms with Crippen molar-refractivity contribution in [3.05, 3.63) is 62.9 Å². The van der Waals surface area contributed by atoms with Crippen LogP contribution in [0.25, 0.3) is 10.9 Å². The summed E-state index contributed by atoms with van der Waals surface area (Å²) in [4.78, 5) is 41.4. The quantitative estimate of drug-likeness (QED) is 0.372. The monoisotopic (exact) mass is 416 g/mol. The zero-order valence-corrected chi connectivity index (χ0v) is 16.8. The summed E-state index contributed by atoms with van der Waals surface area (Å²) in [6, 6.07) is 11.7. The summed E-state index contributed by atoms with van der Waals surface area (Å²) < 4.78 is 5.33. The van der Waals surface area contributed by atoms with Gasteiger partial charge in [-0.2, -0.15) is 0 Å². The Kier molecular flexibility index (Phi) is 6.06. The van der Waals surface area contributed by atoms with Crippen molar-refractivity contribution >= 4 is 51.5 Å². The molecule has 0 aliphatic carbocycles. The van der Waals surface area contributed by atoms with Gasteiger partial charge in [0.1, 0.15) is 5.15 Å². The molecule has 2 heterocycles. The normalized spacial score (nSPS) is 11.8. The first kappa shape index (κ1) is 20.0. The highest BCUT2D eigenvalue weighted by molar-refractivity contribution is 7.14. The number of aromatic nitrogens is 1. The van der Waals surface area contributed by atoms with Crippen molar-refractivity contribution in [1.82, 2.24) is 10.3 Å². The van der Waals surface area contributed by atoms with Crippen LogP contribution in [0.3, 0.4) is 0 Å². The molecule has 0 radical (unpaired) electrons. The molecule has 2 aromatic heterocycles. The second-order valence-electron chi connectivity index (χ2n) is 6.13. The number of carbonyl (C=O) groups is 3. The molecule has 1 atom stereocenters. The number of hydrogen-bond donors (Lipinski definition) is 1. The van der Waals surface area contributed by atoms with Crippen molar-refractivity contribution in [2.75, 3.05) is 0 Å². The number of hydrogen-bond acceptors (Lipinski definition) is 6. The fourth-order valence-electron chi connectivity index (χ4n) is 2.53. The van der Waals surface area contributed by atoms with Gasteiger partial charge in [-0.15, -0.1) is 11.3 Å². The Morgan fingerprint density at radius 3 is 2.71 bits per heavy atom. The van der Waals surface area contributed by atoms with Gasteiger partial charge < -0.3 is 10.1 Å². The van der Waals surface area contributed by atoms with E-state index in [9.17, 15) is 14.4 Å². The van der Waals surface area contributed by atoms with E-state index < -0.39 is 12.1 Å². The summed E-state index contributed by atoms with van der Waals surface area (Å²) in [5.74, 6) is -1.02. The van der Waals surface area contributed by atoms with Crippen molar-refractivity contribution < 1.29 is 19.1 Å². The molecule has 0 spiro atoms. The first-order chi connectivity index (χ1) is 13.3. The number of Topliss-reactive ketones (excluding diaryl/α,β-unsaturated/α-hetero) is 1. The maximum absolute atomic E-state index is 12.5. The van der Waals surface area contributed by atoms with Crippen LogP contribution < -0.4 is 5.32 Å². The van der Waals surface area contributed by atoms with E-state index in [4.69, 9.17) is 16.3 Å². The molecule has 0 aliphatic rings. The van der Waals surface area contributed by atoms with Crippen molar-refractivity contribution in [3.8, 4) is 0 Å². The van der Waals surface area contributed by atoms with Crippen molar-refractivity contribution in [2.45, 2.75) is 26.5 Å². The molecule has 0 aliphatic heterocycles. The van der Waals surface area contributed by atoms with Crippen LogP contribution in [0.5, 0.6) is 0 Å². The van der Waals surface area contributed by atoms with Crippen molar-refractivity contribution in [2.24, 2.45) is 0 Å². The smallest absolute Gasteiger partial charge is 0.338 e. The number of pyridine rings is 1. The molecule has 1 amide bonds. The van der Waals surface area contributed by atoms with Gasteiger partial charge in [-0.3, -0.25) is 9.59 Å². The minimum absolute atomic E-state index is 0.142. The van der Waals surface area contributed by atoms with E-state index in [1.54, 1.807) is 42.5 Å². The number of benzene rings is 1. The summed E-state index contributed by atoms with van der Waals surface area (Å²) in [7, 11) is 0. The maximum atomic E-state index is 12.5. The largest absolute Gasteiger partial charge is 0.451 e. The minimum Gasteiger partial charge on any atom is -0.451 e. The van der Waals surface area contributed by atoms with E-state index in [-0.39, 0.29) is 11.7 Å². The Bertz CT molecular complexity index is 1060. The SMILES string of the molecule is CC(=O)NCc1ccc(C(=O)C(C)OC(=O)c2ccc3nc(Cl)ccc3c2)s1. The van der Waals surface area contributed by atoms with Crippen molar-refractivity contribution in [1.29, 1.82) is 0 Å². The van der Waals surface area contributed by atoms with Gasteiger partial charge in [0.15, 0.2) is 6.10 Å². The van der Waals surface area contributed by atoms with Crippen LogP contribution in [0.2, 0.25) is 5.15 Å². The second kappa shape index (κ2) is 8.50. The number of nitrogens with one attached hydrogen (secondary N) is 1. The van der Waals surface area contributed by atoms with Crippen LogP contribution in [-0.4, -0.2) is 28.7 Å². The molecule has 3 aromatic rings. The molecule has 1 N–H and O–H groups in total. The third-order valence-corrected chi connectivity index (χ3v) is 5.27. The molecule has 0 bridgehead atoms.